The number of aliphatic hydroxyl groups excluding tert-OH is 1. The Morgan fingerprint density at radius 3 is 2.52 bits per heavy atom. The molecule has 1 aromatic heterocycles. The molecule has 0 fully saturated rings. The standard InChI is InChI=1S/C13H16N2O6.2K/c1-7-12(19)9(8(6-16)4-14-7)5-15-10(13(20)21)2-3-11(17)18;;/h4-5,10,16,19H,2-3,6H2,1H3,(H,17,18)(H,20,21);;/q;2*+1/p-2/t10-;;/m0../s1. The molecular weight excluding hydrogens is 358 g/mol. The maximum atomic E-state index is 11.9. The molecule has 1 atom stereocenters. The van der Waals surface area contributed by atoms with Crippen molar-refractivity contribution < 1.29 is 133 Å². The molecule has 0 radical (unpaired) electrons. The average molecular weight is 372 g/mol. The van der Waals surface area contributed by atoms with Crippen molar-refractivity contribution in [1.82, 2.24) is 4.98 Å². The maximum Gasteiger partial charge on any atom is 1.00 e. The van der Waals surface area contributed by atoms with Crippen LogP contribution in [0.1, 0.15) is 29.7 Å². The molecule has 0 unspecified atom stereocenters. The van der Waals surface area contributed by atoms with Crippen LogP contribution in [0, 0.1) is 6.92 Å². The number of aromatic nitrogens is 1. The summed E-state index contributed by atoms with van der Waals surface area (Å²) in [6.45, 7) is 1.03. The third-order valence-electron chi connectivity index (χ3n) is 2.79. The first-order valence-electron chi connectivity index (χ1n) is 6.09. The van der Waals surface area contributed by atoms with E-state index in [2.05, 4.69) is 9.98 Å². The second-order valence-electron chi connectivity index (χ2n) is 4.31. The number of carbonyl (C=O) groups is 2. The van der Waals surface area contributed by atoms with Gasteiger partial charge in [0.1, 0.15) is 6.04 Å². The number of carbonyl (C=O) groups excluding carboxylic acids is 1. The van der Waals surface area contributed by atoms with Gasteiger partial charge in [0, 0.05) is 29.6 Å². The maximum absolute atomic E-state index is 11.9. The Labute approximate surface area is 218 Å². The van der Waals surface area contributed by atoms with Crippen LogP contribution >= 0.6 is 0 Å². The van der Waals surface area contributed by atoms with E-state index in [1.54, 1.807) is 0 Å². The number of rotatable bonds is 7. The smallest absolute Gasteiger partial charge is 0.871 e. The topological polar surface area (TPSA) is 146 Å². The fourth-order valence-electron chi connectivity index (χ4n) is 1.59. The molecule has 2 N–H and O–H groups in total. The van der Waals surface area contributed by atoms with E-state index in [-0.39, 0.29) is 126 Å². The summed E-state index contributed by atoms with van der Waals surface area (Å²) >= 11 is 0. The van der Waals surface area contributed by atoms with Crippen molar-refractivity contribution in [3.05, 3.63) is 23.0 Å². The van der Waals surface area contributed by atoms with E-state index in [1.807, 2.05) is 0 Å². The number of pyridine rings is 1. The van der Waals surface area contributed by atoms with E-state index in [1.165, 1.54) is 13.1 Å². The van der Waals surface area contributed by atoms with Gasteiger partial charge in [-0.05, 0) is 25.3 Å². The molecule has 0 spiro atoms. The first-order valence-corrected chi connectivity index (χ1v) is 6.09. The third-order valence-corrected chi connectivity index (χ3v) is 2.79. The van der Waals surface area contributed by atoms with Crippen molar-refractivity contribution in [2.24, 2.45) is 4.99 Å². The van der Waals surface area contributed by atoms with Crippen LogP contribution in [0.15, 0.2) is 11.2 Å². The Morgan fingerprint density at radius 2 is 2.04 bits per heavy atom. The summed E-state index contributed by atoms with van der Waals surface area (Å²) in [5.74, 6) is -3.15. The zero-order valence-corrected chi connectivity index (χ0v) is 19.5. The Bertz CT molecular complexity index is 580. The molecule has 0 aromatic carbocycles. The molecule has 1 rings (SSSR count). The van der Waals surface area contributed by atoms with Gasteiger partial charge >= 0.3 is 109 Å². The van der Waals surface area contributed by atoms with E-state index >= 15 is 0 Å². The van der Waals surface area contributed by atoms with Crippen LogP contribution < -0.4 is 113 Å². The Hall–Kier alpha value is 0.793. The molecular formula is C13H14K2N2O6. The van der Waals surface area contributed by atoms with Crippen molar-refractivity contribution in [2.45, 2.75) is 32.4 Å². The summed E-state index contributed by atoms with van der Waals surface area (Å²) in [4.78, 5) is 28.8. The minimum absolute atomic E-state index is 0. The number of aliphatic carboxylic acids is 2. The average Bonchev–Trinajstić information content (AvgIpc) is 2.42. The van der Waals surface area contributed by atoms with Crippen molar-refractivity contribution >= 4 is 18.2 Å². The summed E-state index contributed by atoms with van der Waals surface area (Å²) in [5.41, 5.74) is 0.457. The molecule has 1 heterocycles. The Kier molecular flexibility index (Phi) is 14.8. The molecule has 0 aliphatic rings. The predicted molar refractivity (Wildman–Crippen MR) is 67.6 cm³/mol. The molecule has 0 amide bonds. The molecule has 1 aromatic rings. The van der Waals surface area contributed by atoms with Gasteiger partial charge in [-0.3, -0.25) is 9.98 Å². The van der Waals surface area contributed by atoms with Crippen LogP contribution in [-0.4, -0.2) is 39.4 Å². The minimum Gasteiger partial charge on any atom is -0.871 e. The van der Waals surface area contributed by atoms with E-state index in [0.717, 1.165) is 6.21 Å². The van der Waals surface area contributed by atoms with Gasteiger partial charge in [0.05, 0.1) is 6.61 Å². The number of hydrogen-bond donors (Lipinski definition) is 2. The second kappa shape index (κ2) is 13.1. The van der Waals surface area contributed by atoms with E-state index < -0.39 is 36.8 Å². The largest absolute Gasteiger partial charge is 1.00 e. The van der Waals surface area contributed by atoms with E-state index in [9.17, 15) is 19.8 Å². The number of carboxylic acids is 2. The van der Waals surface area contributed by atoms with Crippen LogP contribution in [0.5, 0.6) is 5.75 Å². The number of aryl methyl sites for hydroxylation is 1. The van der Waals surface area contributed by atoms with Crippen LogP contribution in [0.3, 0.4) is 0 Å². The number of carboxylic acid groups (broad SMARTS) is 2. The Morgan fingerprint density at radius 1 is 1.43 bits per heavy atom. The minimum atomic E-state index is -1.38. The van der Waals surface area contributed by atoms with E-state index in [0.29, 0.717) is 0 Å². The first-order chi connectivity index (χ1) is 9.86. The summed E-state index contributed by atoms with van der Waals surface area (Å²) in [5, 5.41) is 40.3. The van der Waals surface area contributed by atoms with Crippen molar-refractivity contribution in [3.8, 4) is 5.75 Å². The third kappa shape index (κ3) is 8.63. The fraction of sp³-hybridized carbons (Fsp3) is 0.385. The van der Waals surface area contributed by atoms with Crippen molar-refractivity contribution in [3.63, 3.8) is 0 Å². The van der Waals surface area contributed by atoms with Crippen molar-refractivity contribution in [2.75, 3.05) is 0 Å². The zero-order valence-electron chi connectivity index (χ0n) is 13.3. The molecule has 0 saturated carbocycles. The molecule has 114 valence electrons. The normalized spacial score (nSPS) is 11.4. The van der Waals surface area contributed by atoms with Crippen LogP contribution in [0.25, 0.3) is 0 Å². The number of aliphatic imine (C=N–C) groups is 1. The summed E-state index contributed by atoms with van der Waals surface area (Å²) in [6.07, 6.45) is 1.63. The molecule has 10 heteroatoms. The number of aliphatic hydroxyl groups is 1. The van der Waals surface area contributed by atoms with Gasteiger partial charge in [0.25, 0.3) is 0 Å². The summed E-state index contributed by atoms with van der Waals surface area (Å²) < 4.78 is 0. The number of nitrogens with zero attached hydrogens (tertiary/aromatic N) is 2. The van der Waals surface area contributed by atoms with E-state index in [4.69, 9.17) is 10.2 Å². The zero-order chi connectivity index (χ0) is 16.0. The Balaban J connectivity index is 0. The summed E-state index contributed by atoms with van der Waals surface area (Å²) in [6, 6.07) is -1.30. The SMILES string of the molecule is Cc1ncc(CO)c(C=N[C@@H](CCC(=O)[O-])C(=O)O)c1[O-].[K+].[K+]. The monoisotopic (exact) mass is 372 g/mol. The van der Waals surface area contributed by atoms with Gasteiger partial charge < -0.3 is 25.2 Å². The fourth-order valence-corrected chi connectivity index (χ4v) is 1.59. The van der Waals surface area contributed by atoms with Gasteiger partial charge in [-0.15, -0.1) is 0 Å². The second-order valence-corrected chi connectivity index (χ2v) is 4.31. The molecule has 8 nitrogen and oxygen atoms in total. The van der Waals surface area contributed by atoms with Gasteiger partial charge in [0.2, 0.25) is 0 Å². The molecule has 0 saturated heterocycles. The molecule has 0 aliphatic carbocycles. The molecule has 0 bridgehead atoms. The predicted octanol–water partition coefficient (Wildman–Crippen LogP) is -7.63. The van der Waals surface area contributed by atoms with Gasteiger partial charge in [-0.1, -0.05) is 5.75 Å². The molecule has 0 aliphatic heterocycles. The van der Waals surface area contributed by atoms with Gasteiger partial charge in [0.15, 0.2) is 0 Å². The summed E-state index contributed by atoms with van der Waals surface area (Å²) in [7, 11) is 0. The van der Waals surface area contributed by atoms with Crippen LogP contribution in [0.2, 0.25) is 0 Å². The molecule has 23 heavy (non-hydrogen) atoms. The van der Waals surface area contributed by atoms with Gasteiger partial charge in [-0.2, -0.15) is 0 Å². The van der Waals surface area contributed by atoms with Crippen LogP contribution in [-0.2, 0) is 16.2 Å². The van der Waals surface area contributed by atoms with Crippen LogP contribution in [0.4, 0.5) is 0 Å². The number of hydrogen-bond acceptors (Lipinski definition) is 7. The van der Waals surface area contributed by atoms with Gasteiger partial charge in [-0.25, -0.2) is 4.79 Å². The quantitative estimate of drug-likeness (QED) is 0.357. The first kappa shape index (κ1) is 26.0. The van der Waals surface area contributed by atoms with Crippen molar-refractivity contribution in [1.29, 1.82) is 0 Å².